The number of likely N-dealkylation sites (tertiary alicyclic amines) is 1. The van der Waals surface area contributed by atoms with Crippen LogP contribution >= 0.6 is 27.5 Å². The number of hydrogen-bond donors (Lipinski definition) is 1. The molecule has 0 aliphatic carbocycles. The van der Waals surface area contributed by atoms with E-state index in [2.05, 4.69) is 22.5 Å². The summed E-state index contributed by atoms with van der Waals surface area (Å²) in [5.41, 5.74) is -0.745. The first-order valence-electron chi connectivity index (χ1n) is 10.9. The Balaban J connectivity index is 1.80. The Hall–Kier alpha value is -1.94. The molecule has 178 valence electrons. The van der Waals surface area contributed by atoms with E-state index >= 15 is 0 Å². The molecule has 6 atom stereocenters. The van der Waals surface area contributed by atoms with E-state index in [4.69, 9.17) is 21.1 Å². The zero-order valence-corrected chi connectivity index (χ0v) is 20.5. The smallest absolute Gasteiger partial charge is 0.312 e. The van der Waals surface area contributed by atoms with Gasteiger partial charge in [0.15, 0.2) is 0 Å². The average molecular weight is 542 g/mol. The van der Waals surface area contributed by atoms with Gasteiger partial charge in [-0.05, 0) is 25.5 Å². The summed E-state index contributed by atoms with van der Waals surface area (Å²) in [4.78, 5) is 43.1. The van der Waals surface area contributed by atoms with Gasteiger partial charge in [0.2, 0.25) is 5.91 Å². The molecule has 1 aromatic carbocycles. The standard InChI is InChI=1S/C23H26BrClN2O6/c1-3-9-26(15-8-6-5-7-14(15)25)21(30)19-23-12-13(24)18(33-23)16(22(31)32-4-2)17(23)20(29)27(19)10-11-28/h3,5-8,13,16-19,28H,1,4,9-12H2,2H3/t13?,16-,17+,18-,19?,23?/m1/s1. The maximum Gasteiger partial charge on any atom is 0.312 e. The number of hydrogen-bond acceptors (Lipinski definition) is 6. The van der Waals surface area contributed by atoms with Gasteiger partial charge in [0.25, 0.3) is 5.91 Å². The molecule has 3 aliphatic rings. The van der Waals surface area contributed by atoms with Gasteiger partial charge in [0, 0.05) is 17.9 Å². The van der Waals surface area contributed by atoms with Crippen molar-refractivity contribution in [3.05, 3.63) is 41.9 Å². The summed E-state index contributed by atoms with van der Waals surface area (Å²) in [5.74, 6) is -3.01. The van der Waals surface area contributed by atoms with E-state index in [9.17, 15) is 19.5 Å². The van der Waals surface area contributed by atoms with Crippen molar-refractivity contribution < 1.29 is 29.0 Å². The highest BCUT2D eigenvalue weighted by Crippen LogP contribution is 2.60. The SMILES string of the molecule is C=CCN(C(=O)C1N(CCO)C(=O)[C@@H]2[C@@H](C(=O)OCC)[C@@H]3OC12CC3Br)c1ccccc1Cl. The summed E-state index contributed by atoms with van der Waals surface area (Å²) >= 11 is 9.99. The van der Waals surface area contributed by atoms with Crippen LogP contribution in [0.2, 0.25) is 5.02 Å². The van der Waals surface area contributed by atoms with E-state index in [0.717, 1.165) is 0 Å². The van der Waals surface area contributed by atoms with Crippen LogP contribution in [0.3, 0.4) is 0 Å². The fraction of sp³-hybridized carbons (Fsp3) is 0.522. The molecule has 3 aliphatic heterocycles. The third kappa shape index (κ3) is 3.69. The minimum atomic E-state index is -1.22. The second-order valence-corrected chi connectivity index (χ2v) is 9.94. The predicted octanol–water partition coefficient (Wildman–Crippen LogP) is 2.16. The van der Waals surface area contributed by atoms with E-state index in [1.807, 2.05) is 0 Å². The van der Waals surface area contributed by atoms with Gasteiger partial charge >= 0.3 is 5.97 Å². The summed E-state index contributed by atoms with van der Waals surface area (Å²) in [6, 6.07) is 5.88. The van der Waals surface area contributed by atoms with E-state index in [0.29, 0.717) is 17.1 Å². The number of ether oxygens (including phenoxy) is 2. The summed E-state index contributed by atoms with van der Waals surface area (Å²) in [5, 5.41) is 10.1. The fourth-order valence-corrected chi connectivity index (χ4v) is 6.70. The number of esters is 1. The van der Waals surface area contributed by atoms with Crippen molar-refractivity contribution in [3.8, 4) is 0 Å². The highest BCUT2D eigenvalue weighted by Gasteiger charge is 2.77. The molecular weight excluding hydrogens is 516 g/mol. The van der Waals surface area contributed by atoms with Gasteiger partial charge in [-0.15, -0.1) is 6.58 Å². The second kappa shape index (κ2) is 9.37. The van der Waals surface area contributed by atoms with Crippen LogP contribution in [0.5, 0.6) is 0 Å². The lowest BCUT2D eigenvalue weighted by molar-refractivity contribution is -0.154. The number of benzene rings is 1. The molecule has 3 heterocycles. The Morgan fingerprint density at radius 1 is 1.45 bits per heavy atom. The van der Waals surface area contributed by atoms with Crippen LogP contribution in [0.25, 0.3) is 0 Å². The zero-order chi connectivity index (χ0) is 23.9. The van der Waals surface area contributed by atoms with Gasteiger partial charge in [-0.1, -0.05) is 45.7 Å². The Morgan fingerprint density at radius 2 is 2.18 bits per heavy atom. The monoisotopic (exact) mass is 540 g/mol. The summed E-state index contributed by atoms with van der Waals surface area (Å²) in [6.45, 7) is 5.39. The summed E-state index contributed by atoms with van der Waals surface area (Å²) in [7, 11) is 0. The molecule has 2 bridgehead atoms. The van der Waals surface area contributed by atoms with Gasteiger partial charge in [-0.25, -0.2) is 0 Å². The predicted molar refractivity (Wildman–Crippen MR) is 125 cm³/mol. The maximum atomic E-state index is 14.1. The quantitative estimate of drug-likeness (QED) is 0.308. The third-order valence-corrected chi connectivity index (χ3v) is 7.81. The van der Waals surface area contributed by atoms with Crippen molar-refractivity contribution in [1.29, 1.82) is 0 Å². The van der Waals surface area contributed by atoms with Crippen LogP contribution in [0.15, 0.2) is 36.9 Å². The Labute approximate surface area is 205 Å². The zero-order valence-electron chi connectivity index (χ0n) is 18.2. The van der Waals surface area contributed by atoms with Gasteiger partial charge in [-0.2, -0.15) is 0 Å². The Bertz CT molecular complexity index is 976. The number of carbonyl (C=O) groups is 3. The fourth-order valence-electron chi connectivity index (χ4n) is 5.52. The topological polar surface area (TPSA) is 96.4 Å². The number of aliphatic hydroxyl groups excluding tert-OH is 1. The average Bonchev–Trinajstić information content (AvgIpc) is 3.37. The molecule has 4 rings (SSSR count). The summed E-state index contributed by atoms with van der Waals surface area (Å²) < 4.78 is 11.6. The molecule has 3 unspecified atom stereocenters. The van der Waals surface area contributed by atoms with Crippen molar-refractivity contribution in [1.82, 2.24) is 4.90 Å². The lowest BCUT2D eigenvalue weighted by atomic mass is 9.70. The molecule has 10 heteroatoms. The lowest BCUT2D eigenvalue weighted by Crippen LogP contribution is -2.57. The number of amides is 2. The maximum absolute atomic E-state index is 14.1. The van der Waals surface area contributed by atoms with Crippen LogP contribution in [-0.2, 0) is 23.9 Å². The molecule has 1 N–H and O–H groups in total. The molecule has 1 aromatic rings. The molecule has 1 spiro atoms. The molecule has 8 nitrogen and oxygen atoms in total. The minimum absolute atomic E-state index is 0.0610. The van der Waals surface area contributed by atoms with Crippen LogP contribution in [0.1, 0.15) is 13.3 Å². The largest absolute Gasteiger partial charge is 0.466 e. The van der Waals surface area contributed by atoms with Gasteiger partial charge in [-0.3, -0.25) is 14.4 Å². The first-order chi connectivity index (χ1) is 15.8. The van der Waals surface area contributed by atoms with Crippen molar-refractivity contribution in [2.75, 3.05) is 31.2 Å². The Kier molecular flexibility index (Phi) is 6.87. The van der Waals surface area contributed by atoms with Crippen molar-refractivity contribution in [3.63, 3.8) is 0 Å². The molecule has 2 amide bonds. The van der Waals surface area contributed by atoms with Crippen LogP contribution in [0, 0.1) is 11.8 Å². The number of β-amino-alcohol motifs (C(OH)–C–C–N with tert-alkyl or cyclic N) is 1. The number of alkyl halides is 1. The number of aliphatic hydroxyl groups is 1. The van der Waals surface area contributed by atoms with Crippen LogP contribution < -0.4 is 4.90 Å². The highest BCUT2D eigenvalue weighted by molar-refractivity contribution is 9.09. The van der Waals surface area contributed by atoms with Crippen LogP contribution in [0.4, 0.5) is 5.69 Å². The lowest BCUT2D eigenvalue weighted by Gasteiger charge is -2.37. The van der Waals surface area contributed by atoms with E-state index in [-0.39, 0.29) is 37.0 Å². The third-order valence-electron chi connectivity index (χ3n) is 6.64. The van der Waals surface area contributed by atoms with Crippen molar-refractivity contribution >= 4 is 51.0 Å². The van der Waals surface area contributed by atoms with Crippen LogP contribution in [-0.4, -0.2) is 76.7 Å². The molecule has 0 radical (unpaired) electrons. The molecular formula is C23H26BrClN2O6. The van der Waals surface area contributed by atoms with Gasteiger partial charge in [0.1, 0.15) is 11.6 Å². The molecule has 3 fully saturated rings. The number of anilines is 1. The molecule has 0 saturated carbocycles. The normalized spacial score (nSPS) is 32.1. The number of fused-ring (bicyclic) bond motifs is 1. The molecule has 3 saturated heterocycles. The number of nitrogens with zero attached hydrogens (tertiary/aromatic N) is 2. The number of carbonyl (C=O) groups excluding carboxylic acids is 3. The first kappa shape index (κ1) is 24.2. The highest BCUT2D eigenvalue weighted by atomic mass is 79.9. The molecule has 0 aromatic heterocycles. The van der Waals surface area contributed by atoms with Crippen molar-refractivity contribution in [2.24, 2.45) is 11.8 Å². The second-order valence-electron chi connectivity index (χ2n) is 8.36. The van der Waals surface area contributed by atoms with E-state index < -0.39 is 41.5 Å². The van der Waals surface area contributed by atoms with Crippen molar-refractivity contribution in [2.45, 2.75) is 35.9 Å². The number of rotatable bonds is 8. The van der Waals surface area contributed by atoms with E-state index in [1.165, 1.54) is 9.80 Å². The number of halogens is 2. The first-order valence-corrected chi connectivity index (χ1v) is 12.2. The van der Waals surface area contributed by atoms with Gasteiger partial charge < -0.3 is 24.4 Å². The number of para-hydroxylation sites is 1. The Morgan fingerprint density at radius 3 is 2.82 bits per heavy atom. The minimum Gasteiger partial charge on any atom is -0.466 e. The molecule has 33 heavy (non-hydrogen) atoms. The van der Waals surface area contributed by atoms with Gasteiger partial charge in [0.05, 0.1) is 41.9 Å². The van der Waals surface area contributed by atoms with E-state index in [1.54, 1.807) is 37.3 Å². The summed E-state index contributed by atoms with van der Waals surface area (Å²) in [6.07, 6.45) is 1.36.